The van der Waals surface area contributed by atoms with Crippen LogP contribution < -0.4 is 10.8 Å². The Morgan fingerprint density at radius 1 is 1.00 bits per heavy atom. The second-order valence-electron chi connectivity index (χ2n) is 7.15. The lowest BCUT2D eigenvalue weighted by atomic mass is 10.0. The van der Waals surface area contributed by atoms with Crippen molar-refractivity contribution in [2.24, 2.45) is 0 Å². The minimum absolute atomic E-state index is 0.145. The minimum Gasteiger partial charge on any atom is -0.444 e. The Morgan fingerprint density at radius 3 is 2.42 bits per heavy atom. The molecule has 2 amide bonds. The van der Waals surface area contributed by atoms with Gasteiger partial charge in [-0.25, -0.2) is 10.3 Å². The molecule has 0 saturated heterocycles. The van der Waals surface area contributed by atoms with Crippen molar-refractivity contribution in [3.8, 4) is 0 Å². The average Bonchev–Trinajstić information content (AvgIpc) is 2.81. The Labute approximate surface area is 181 Å². The van der Waals surface area contributed by atoms with Gasteiger partial charge in [0.05, 0.1) is 0 Å². The zero-order valence-electron chi connectivity index (χ0n) is 17.7. The van der Waals surface area contributed by atoms with Crippen LogP contribution in [0.4, 0.5) is 10.5 Å². The zero-order chi connectivity index (χ0) is 22.2. The van der Waals surface area contributed by atoms with Gasteiger partial charge in [0, 0.05) is 17.8 Å². The van der Waals surface area contributed by atoms with E-state index in [1.54, 1.807) is 17.6 Å². The Bertz CT molecular complexity index is 1050. The Kier molecular flexibility index (Phi) is 7.59. The first-order valence-electron chi connectivity index (χ1n) is 10.2. The molecule has 0 heterocycles. The number of nitrogens with one attached hydrogen (secondary N) is 2. The third-order valence-electron chi connectivity index (χ3n) is 5.19. The molecule has 0 aliphatic heterocycles. The fraction of sp³-hybridized carbons (Fsp3) is 0.250. The smallest absolute Gasteiger partial charge is 0.411 e. The van der Waals surface area contributed by atoms with Gasteiger partial charge in [0.2, 0.25) is 0 Å². The normalized spacial score (nSPS) is 10.8. The lowest BCUT2D eigenvalue weighted by Gasteiger charge is -2.19. The number of hydrogen-bond donors (Lipinski definition) is 3. The highest BCUT2D eigenvalue weighted by molar-refractivity contribution is 5.94. The molecule has 7 heteroatoms. The summed E-state index contributed by atoms with van der Waals surface area (Å²) in [5.41, 5.74) is 4.48. The van der Waals surface area contributed by atoms with Crippen molar-refractivity contribution in [3.05, 3.63) is 77.4 Å². The van der Waals surface area contributed by atoms with Gasteiger partial charge in [0.15, 0.2) is 0 Å². The maximum atomic E-state index is 12.2. The maximum absolute atomic E-state index is 12.2. The number of anilines is 1. The van der Waals surface area contributed by atoms with Crippen molar-refractivity contribution >= 4 is 28.5 Å². The number of nitrogens with zero attached hydrogens (tertiary/aromatic N) is 1. The van der Waals surface area contributed by atoms with E-state index in [0.29, 0.717) is 5.69 Å². The second kappa shape index (κ2) is 10.6. The summed E-state index contributed by atoms with van der Waals surface area (Å²) in [6, 6.07) is 18.5. The van der Waals surface area contributed by atoms with E-state index in [2.05, 4.69) is 48.3 Å². The third-order valence-corrected chi connectivity index (χ3v) is 5.19. The Hall–Kier alpha value is -3.42. The first kappa shape index (κ1) is 22.3. The number of carbonyl (C=O) groups excluding carboxylic acids is 2. The van der Waals surface area contributed by atoms with E-state index in [1.165, 1.54) is 17.7 Å². The first-order valence-corrected chi connectivity index (χ1v) is 10.2. The van der Waals surface area contributed by atoms with E-state index in [4.69, 9.17) is 9.94 Å². The van der Waals surface area contributed by atoms with Crippen molar-refractivity contribution in [1.29, 1.82) is 0 Å². The van der Waals surface area contributed by atoms with Crippen LogP contribution >= 0.6 is 0 Å². The van der Waals surface area contributed by atoms with Gasteiger partial charge in [0.1, 0.15) is 6.61 Å². The van der Waals surface area contributed by atoms with Crippen LogP contribution in [-0.2, 0) is 17.9 Å². The van der Waals surface area contributed by atoms with Crippen molar-refractivity contribution < 1.29 is 19.5 Å². The fourth-order valence-electron chi connectivity index (χ4n) is 3.37. The van der Waals surface area contributed by atoms with Crippen molar-refractivity contribution in [1.82, 2.24) is 10.4 Å². The van der Waals surface area contributed by atoms with Crippen LogP contribution in [0.3, 0.4) is 0 Å². The molecular weight excluding hydrogens is 394 g/mol. The molecule has 3 N–H and O–H groups in total. The number of hydrogen-bond acceptors (Lipinski definition) is 5. The van der Waals surface area contributed by atoms with Crippen LogP contribution in [-0.4, -0.2) is 35.2 Å². The van der Waals surface area contributed by atoms with Crippen LogP contribution in [0.1, 0.15) is 35.3 Å². The van der Waals surface area contributed by atoms with Gasteiger partial charge in [-0.3, -0.25) is 20.2 Å². The van der Waals surface area contributed by atoms with E-state index in [1.807, 2.05) is 12.1 Å². The van der Waals surface area contributed by atoms with Gasteiger partial charge < -0.3 is 4.74 Å². The number of carbonyl (C=O) groups is 2. The summed E-state index contributed by atoms with van der Waals surface area (Å²) in [6.45, 7) is 7.30. The maximum Gasteiger partial charge on any atom is 0.411 e. The number of benzene rings is 3. The fourth-order valence-corrected chi connectivity index (χ4v) is 3.37. The summed E-state index contributed by atoms with van der Waals surface area (Å²) in [6.07, 6.45) is -0.587. The number of amides is 2. The van der Waals surface area contributed by atoms with E-state index < -0.39 is 12.0 Å². The van der Waals surface area contributed by atoms with Gasteiger partial charge in [-0.05, 0) is 65.3 Å². The highest BCUT2D eigenvalue weighted by Crippen LogP contribution is 2.22. The minimum atomic E-state index is -0.620. The molecule has 0 fully saturated rings. The molecule has 3 aromatic rings. The molecule has 7 nitrogen and oxygen atoms in total. The molecule has 0 bridgehead atoms. The SMILES string of the molecule is CCN(CC)Cc1cccc2ccc(COC(=O)Nc3ccc(C(=O)NO)cc3)cc12. The van der Waals surface area contributed by atoms with Gasteiger partial charge in [-0.2, -0.15) is 0 Å². The highest BCUT2D eigenvalue weighted by Gasteiger charge is 2.09. The summed E-state index contributed by atoms with van der Waals surface area (Å²) in [5.74, 6) is -0.620. The predicted octanol–water partition coefficient (Wildman–Crippen LogP) is 4.55. The highest BCUT2D eigenvalue weighted by atomic mass is 16.5. The Balaban J connectivity index is 1.65. The van der Waals surface area contributed by atoms with Crippen LogP contribution in [0.25, 0.3) is 10.8 Å². The number of ether oxygens (including phenoxy) is 1. The molecule has 0 saturated carbocycles. The van der Waals surface area contributed by atoms with Gasteiger partial charge in [-0.15, -0.1) is 0 Å². The molecule has 0 aromatic heterocycles. The van der Waals surface area contributed by atoms with Crippen LogP contribution in [0.2, 0.25) is 0 Å². The predicted molar refractivity (Wildman–Crippen MR) is 120 cm³/mol. The summed E-state index contributed by atoms with van der Waals surface area (Å²) in [5, 5.41) is 13.6. The van der Waals surface area contributed by atoms with Gasteiger partial charge >= 0.3 is 6.09 Å². The molecule has 31 heavy (non-hydrogen) atoms. The van der Waals surface area contributed by atoms with Crippen molar-refractivity contribution in [2.75, 3.05) is 18.4 Å². The molecule has 0 radical (unpaired) electrons. The van der Waals surface area contributed by atoms with E-state index in [9.17, 15) is 9.59 Å². The molecule has 0 aliphatic carbocycles. The van der Waals surface area contributed by atoms with E-state index >= 15 is 0 Å². The summed E-state index contributed by atoms with van der Waals surface area (Å²) in [4.78, 5) is 25.9. The van der Waals surface area contributed by atoms with Crippen molar-refractivity contribution in [2.45, 2.75) is 27.0 Å². The zero-order valence-corrected chi connectivity index (χ0v) is 17.7. The van der Waals surface area contributed by atoms with Gasteiger partial charge in [0.25, 0.3) is 5.91 Å². The lowest BCUT2D eigenvalue weighted by Crippen LogP contribution is -2.22. The molecule has 0 aliphatic rings. The van der Waals surface area contributed by atoms with Crippen molar-refractivity contribution in [3.63, 3.8) is 0 Å². The first-order chi connectivity index (χ1) is 15.0. The molecule has 0 spiro atoms. The molecule has 0 atom stereocenters. The molecular formula is C24H27N3O4. The summed E-state index contributed by atoms with van der Waals surface area (Å²) >= 11 is 0. The standard InChI is InChI=1S/C24H27N3O4/c1-3-27(4-2)15-20-7-5-6-18-9-8-17(14-22(18)20)16-31-24(29)25-21-12-10-19(11-13-21)23(28)26-30/h5-14,30H,3-4,15-16H2,1-2H3,(H,25,29)(H,26,28). The lowest BCUT2D eigenvalue weighted by molar-refractivity contribution is 0.0706. The topological polar surface area (TPSA) is 90.9 Å². The average molecular weight is 421 g/mol. The molecule has 0 unspecified atom stereocenters. The summed E-state index contributed by atoms with van der Waals surface area (Å²) < 4.78 is 5.36. The van der Waals surface area contributed by atoms with E-state index in [-0.39, 0.29) is 12.2 Å². The Morgan fingerprint density at radius 2 is 1.74 bits per heavy atom. The monoisotopic (exact) mass is 421 g/mol. The molecule has 3 aromatic carbocycles. The third kappa shape index (κ3) is 5.81. The van der Waals surface area contributed by atoms with Gasteiger partial charge in [-0.1, -0.05) is 44.2 Å². The van der Waals surface area contributed by atoms with Crippen LogP contribution in [0, 0.1) is 0 Å². The largest absolute Gasteiger partial charge is 0.444 e. The van der Waals surface area contributed by atoms with E-state index in [0.717, 1.165) is 36.0 Å². The number of hydroxylamine groups is 1. The van der Waals surface area contributed by atoms with Crippen LogP contribution in [0.5, 0.6) is 0 Å². The molecule has 3 rings (SSSR count). The quantitative estimate of drug-likeness (QED) is 0.367. The number of fused-ring (bicyclic) bond motifs is 1. The second-order valence-corrected chi connectivity index (χ2v) is 7.15. The summed E-state index contributed by atoms with van der Waals surface area (Å²) in [7, 11) is 0. The number of rotatable bonds is 8. The van der Waals surface area contributed by atoms with Crippen LogP contribution in [0.15, 0.2) is 60.7 Å². The molecule has 162 valence electrons.